The minimum Gasteiger partial charge on any atom is -0.483 e. The van der Waals surface area contributed by atoms with Crippen molar-refractivity contribution >= 4 is 44.7 Å². The second-order valence-electron chi connectivity index (χ2n) is 8.21. The second kappa shape index (κ2) is 10.6. The number of amides is 2. The number of carbonyl (C=O) groups excluding carboxylic acids is 2. The molecule has 0 aliphatic heterocycles. The van der Waals surface area contributed by atoms with Crippen molar-refractivity contribution in [1.29, 1.82) is 0 Å². The summed E-state index contributed by atoms with van der Waals surface area (Å²) in [6.45, 7) is -0.226. The minimum absolute atomic E-state index is 0.113. The fraction of sp³-hybridized carbons (Fsp3) is 0.0667. The molecule has 36 heavy (non-hydrogen) atoms. The van der Waals surface area contributed by atoms with E-state index in [9.17, 15) is 9.59 Å². The summed E-state index contributed by atoms with van der Waals surface area (Å²) in [5.41, 5.74) is 1.21. The summed E-state index contributed by atoms with van der Waals surface area (Å²) >= 11 is 0. The van der Waals surface area contributed by atoms with Crippen molar-refractivity contribution in [2.45, 2.75) is 0 Å². The summed E-state index contributed by atoms with van der Waals surface area (Å²) < 4.78 is 11.5. The van der Waals surface area contributed by atoms with E-state index in [1.807, 2.05) is 84.9 Å². The highest BCUT2D eigenvalue weighted by molar-refractivity contribution is 5.95. The molecule has 5 aromatic rings. The third-order valence-electron chi connectivity index (χ3n) is 5.67. The lowest BCUT2D eigenvalue weighted by Gasteiger charge is -2.11. The average Bonchev–Trinajstić information content (AvgIpc) is 2.92. The molecule has 0 saturated heterocycles. The third-order valence-corrected chi connectivity index (χ3v) is 5.67. The van der Waals surface area contributed by atoms with Gasteiger partial charge in [-0.05, 0) is 47.2 Å². The van der Waals surface area contributed by atoms with Gasteiger partial charge >= 0.3 is 0 Å². The van der Waals surface area contributed by atoms with Crippen LogP contribution in [0.1, 0.15) is 0 Å². The van der Waals surface area contributed by atoms with Crippen molar-refractivity contribution in [3.63, 3.8) is 0 Å². The maximum absolute atomic E-state index is 12.4. The Kier molecular flexibility index (Phi) is 6.76. The van der Waals surface area contributed by atoms with Crippen molar-refractivity contribution in [3.8, 4) is 11.5 Å². The zero-order valence-corrected chi connectivity index (χ0v) is 19.4. The van der Waals surface area contributed by atoms with Crippen LogP contribution in [0.4, 0.5) is 11.4 Å². The van der Waals surface area contributed by atoms with E-state index >= 15 is 0 Å². The second-order valence-corrected chi connectivity index (χ2v) is 8.21. The molecule has 0 aromatic heterocycles. The van der Waals surface area contributed by atoms with Gasteiger partial charge < -0.3 is 20.1 Å². The first-order chi connectivity index (χ1) is 17.7. The Morgan fingerprint density at radius 2 is 0.889 bits per heavy atom. The topological polar surface area (TPSA) is 76.7 Å². The van der Waals surface area contributed by atoms with Gasteiger partial charge in [0, 0.05) is 22.1 Å². The maximum Gasteiger partial charge on any atom is 0.262 e. The fourth-order valence-electron chi connectivity index (χ4n) is 3.96. The number of nitrogens with one attached hydrogen (secondary N) is 2. The Balaban J connectivity index is 1.12. The van der Waals surface area contributed by atoms with Gasteiger partial charge in [0.05, 0.1) is 0 Å². The molecule has 0 heterocycles. The van der Waals surface area contributed by atoms with Crippen LogP contribution in [0.2, 0.25) is 0 Å². The molecule has 0 fully saturated rings. The van der Waals surface area contributed by atoms with Crippen LogP contribution in [0.5, 0.6) is 11.5 Å². The molecule has 0 bridgehead atoms. The molecule has 6 heteroatoms. The summed E-state index contributed by atoms with van der Waals surface area (Å²) in [5.74, 6) is 0.769. The van der Waals surface area contributed by atoms with Gasteiger partial charge in [-0.2, -0.15) is 0 Å². The van der Waals surface area contributed by atoms with Gasteiger partial charge in [0.1, 0.15) is 11.5 Å². The molecule has 0 aliphatic carbocycles. The van der Waals surface area contributed by atoms with Crippen LogP contribution in [-0.2, 0) is 9.59 Å². The van der Waals surface area contributed by atoms with Crippen LogP contribution in [0, 0.1) is 0 Å². The zero-order valence-electron chi connectivity index (χ0n) is 19.4. The Morgan fingerprint density at radius 1 is 0.500 bits per heavy atom. The highest BCUT2D eigenvalue weighted by atomic mass is 16.5. The Bertz CT molecular complexity index is 1400. The number of anilines is 2. The first-order valence-corrected chi connectivity index (χ1v) is 11.6. The number of ether oxygens (including phenoxy) is 2. The summed E-state index contributed by atoms with van der Waals surface area (Å²) in [7, 11) is 0. The predicted molar refractivity (Wildman–Crippen MR) is 143 cm³/mol. The first kappa shape index (κ1) is 22.9. The van der Waals surface area contributed by atoms with Gasteiger partial charge in [-0.3, -0.25) is 9.59 Å². The molecule has 5 rings (SSSR count). The minimum atomic E-state index is -0.275. The lowest BCUT2D eigenvalue weighted by Crippen LogP contribution is -2.21. The summed E-state index contributed by atoms with van der Waals surface area (Å²) in [4.78, 5) is 24.8. The lowest BCUT2D eigenvalue weighted by molar-refractivity contribution is -0.118. The molecular formula is C30H24N2O4. The van der Waals surface area contributed by atoms with Gasteiger partial charge in [0.25, 0.3) is 11.8 Å². The van der Waals surface area contributed by atoms with Crippen molar-refractivity contribution in [1.82, 2.24) is 0 Å². The molecule has 0 unspecified atom stereocenters. The van der Waals surface area contributed by atoms with Gasteiger partial charge in [-0.15, -0.1) is 0 Å². The average molecular weight is 477 g/mol. The Hall–Kier alpha value is -4.84. The molecule has 0 spiro atoms. The Labute approximate surface area is 208 Å². The van der Waals surface area contributed by atoms with E-state index in [-0.39, 0.29) is 25.0 Å². The number of carbonyl (C=O) groups is 2. The molecule has 6 nitrogen and oxygen atoms in total. The quantitative estimate of drug-likeness (QED) is 0.287. The van der Waals surface area contributed by atoms with Gasteiger partial charge in [0.2, 0.25) is 0 Å². The molecular weight excluding hydrogens is 452 g/mol. The number of benzene rings is 5. The predicted octanol–water partition coefficient (Wildman–Crippen LogP) is 6.03. The number of rotatable bonds is 8. The summed E-state index contributed by atoms with van der Waals surface area (Å²) in [6, 6.07) is 34.1. The molecule has 5 aromatic carbocycles. The van der Waals surface area contributed by atoms with Crippen LogP contribution in [0.25, 0.3) is 21.5 Å². The molecule has 0 radical (unpaired) electrons. The van der Waals surface area contributed by atoms with E-state index in [0.717, 1.165) is 21.5 Å². The van der Waals surface area contributed by atoms with E-state index in [2.05, 4.69) is 10.6 Å². The highest BCUT2D eigenvalue weighted by Gasteiger charge is 2.09. The molecule has 178 valence electrons. The highest BCUT2D eigenvalue weighted by Crippen LogP contribution is 2.26. The largest absolute Gasteiger partial charge is 0.483 e. The van der Waals surface area contributed by atoms with Crippen LogP contribution >= 0.6 is 0 Å². The summed E-state index contributed by atoms with van der Waals surface area (Å²) in [6.07, 6.45) is 0. The van der Waals surface area contributed by atoms with Gasteiger partial charge in [-0.25, -0.2) is 0 Å². The fourth-order valence-corrected chi connectivity index (χ4v) is 3.96. The lowest BCUT2D eigenvalue weighted by atomic mass is 10.1. The molecule has 2 amide bonds. The van der Waals surface area contributed by atoms with Crippen LogP contribution in [0.3, 0.4) is 0 Å². The van der Waals surface area contributed by atoms with Crippen molar-refractivity contribution < 1.29 is 19.1 Å². The van der Waals surface area contributed by atoms with Crippen molar-refractivity contribution in [2.24, 2.45) is 0 Å². The zero-order chi connectivity index (χ0) is 24.7. The van der Waals surface area contributed by atoms with E-state index in [0.29, 0.717) is 22.9 Å². The molecule has 0 saturated carbocycles. The maximum atomic E-state index is 12.4. The SMILES string of the molecule is O=C(COc1cccc2ccccc12)Nc1ccc(NC(=O)COc2cccc3ccccc23)cc1. The van der Waals surface area contributed by atoms with Crippen LogP contribution in [0.15, 0.2) is 109 Å². The van der Waals surface area contributed by atoms with Gasteiger partial charge in [-0.1, -0.05) is 72.8 Å². The molecule has 0 atom stereocenters. The van der Waals surface area contributed by atoms with Gasteiger partial charge in [0.15, 0.2) is 13.2 Å². The van der Waals surface area contributed by atoms with Crippen LogP contribution in [-0.4, -0.2) is 25.0 Å². The monoisotopic (exact) mass is 476 g/mol. The van der Waals surface area contributed by atoms with E-state index < -0.39 is 0 Å². The first-order valence-electron chi connectivity index (χ1n) is 11.6. The Morgan fingerprint density at radius 3 is 1.33 bits per heavy atom. The molecule has 2 N–H and O–H groups in total. The number of fused-ring (bicyclic) bond motifs is 2. The van der Waals surface area contributed by atoms with Crippen LogP contribution < -0.4 is 20.1 Å². The van der Waals surface area contributed by atoms with Crippen molar-refractivity contribution in [2.75, 3.05) is 23.8 Å². The molecule has 0 aliphatic rings. The van der Waals surface area contributed by atoms with E-state index in [4.69, 9.17) is 9.47 Å². The third kappa shape index (κ3) is 5.45. The summed E-state index contributed by atoms with van der Waals surface area (Å²) in [5, 5.41) is 9.62. The number of hydrogen-bond acceptors (Lipinski definition) is 4. The normalized spacial score (nSPS) is 10.7. The number of hydrogen-bond donors (Lipinski definition) is 2. The van der Waals surface area contributed by atoms with E-state index in [1.54, 1.807) is 24.3 Å². The standard InChI is InChI=1S/C30H24N2O4/c33-29(19-35-27-13-5-9-21-7-1-3-11-25(21)27)31-23-15-17-24(18-16-23)32-30(34)20-36-28-14-6-10-22-8-2-4-12-26(22)28/h1-18H,19-20H2,(H,31,33)(H,32,34). The smallest absolute Gasteiger partial charge is 0.262 e. The van der Waals surface area contributed by atoms with E-state index in [1.165, 1.54) is 0 Å². The van der Waals surface area contributed by atoms with Crippen molar-refractivity contribution in [3.05, 3.63) is 109 Å².